The molecule has 0 aliphatic rings. The number of carbonyl (C=O) groups excluding carboxylic acids is 1. The van der Waals surface area contributed by atoms with E-state index >= 15 is 0 Å². The minimum absolute atomic E-state index is 0.0336. The van der Waals surface area contributed by atoms with Crippen LogP contribution in [0.15, 0.2) is 72.8 Å². The lowest BCUT2D eigenvalue weighted by molar-refractivity contribution is 0.0785. The molecule has 0 spiro atoms. The van der Waals surface area contributed by atoms with Crippen molar-refractivity contribution in [1.82, 2.24) is 4.90 Å². The lowest BCUT2D eigenvalue weighted by Gasteiger charge is -2.19. The van der Waals surface area contributed by atoms with Gasteiger partial charge in [0.25, 0.3) is 5.91 Å². The molecule has 1 amide bonds. The van der Waals surface area contributed by atoms with Crippen LogP contribution in [-0.4, -0.2) is 24.5 Å². The molecule has 3 rings (SSSR count). The van der Waals surface area contributed by atoms with Crippen LogP contribution in [0.2, 0.25) is 0 Å². The van der Waals surface area contributed by atoms with Gasteiger partial charge in [-0.1, -0.05) is 42.5 Å². The standard InChI is InChI=1S/C25H27NO3/c1-4-28-24-14-13-21(25(27)26(3)17-20-10-6-5-7-11-20)16-22(24)18-29-23-12-8-9-19(2)15-23/h5-16H,4,17-18H2,1-3H3. The summed E-state index contributed by atoms with van der Waals surface area (Å²) in [6.07, 6.45) is 0. The van der Waals surface area contributed by atoms with Gasteiger partial charge >= 0.3 is 0 Å². The van der Waals surface area contributed by atoms with Crippen molar-refractivity contribution in [3.8, 4) is 11.5 Å². The number of amides is 1. The average molecular weight is 389 g/mol. The van der Waals surface area contributed by atoms with Gasteiger partial charge in [-0.05, 0) is 55.3 Å². The molecule has 0 fully saturated rings. The van der Waals surface area contributed by atoms with E-state index in [0.717, 1.165) is 28.2 Å². The maximum Gasteiger partial charge on any atom is 0.253 e. The van der Waals surface area contributed by atoms with Gasteiger partial charge in [-0.3, -0.25) is 4.79 Å². The Morgan fingerprint density at radius 3 is 2.45 bits per heavy atom. The van der Waals surface area contributed by atoms with Gasteiger partial charge in [-0.15, -0.1) is 0 Å². The monoisotopic (exact) mass is 389 g/mol. The van der Waals surface area contributed by atoms with E-state index < -0.39 is 0 Å². The molecule has 150 valence electrons. The zero-order chi connectivity index (χ0) is 20.6. The minimum Gasteiger partial charge on any atom is -0.493 e. The molecule has 0 bridgehead atoms. The van der Waals surface area contributed by atoms with Gasteiger partial charge in [0.15, 0.2) is 0 Å². The summed E-state index contributed by atoms with van der Waals surface area (Å²) in [5.74, 6) is 1.50. The molecule has 0 heterocycles. The van der Waals surface area contributed by atoms with E-state index in [-0.39, 0.29) is 5.91 Å². The normalized spacial score (nSPS) is 10.4. The lowest BCUT2D eigenvalue weighted by atomic mass is 10.1. The van der Waals surface area contributed by atoms with Crippen molar-refractivity contribution in [2.45, 2.75) is 27.0 Å². The van der Waals surface area contributed by atoms with Crippen molar-refractivity contribution in [2.75, 3.05) is 13.7 Å². The second-order valence-electron chi connectivity index (χ2n) is 7.01. The number of rotatable bonds is 8. The van der Waals surface area contributed by atoms with E-state index in [4.69, 9.17) is 9.47 Å². The highest BCUT2D eigenvalue weighted by atomic mass is 16.5. The summed E-state index contributed by atoms with van der Waals surface area (Å²) < 4.78 is 11.7. The number of aryl methyl sites for hydroxylation is 1. The maximum atomic E-state index is 12.9. The Labute approximate surface area is 172 Å². The van der Waals surface area contributed by atoms with Gasteiger partial charge in [0, 0.05) is 24.7 Å². The Bertz CT molecular complexity index is 953. The first-order chi connectivity index (χ1) is 14.1. The fourth-order valence-corrected chi connectivity index (χ4v) is 3.14. The second-order valence-corrected chi connectivity index (χ2v) is 7.01. The highest BCUT2D eigenvalue weighted by Gasteiger charge is 2.15. The first-order valence-corrected chi connectivity index (χ1v) is 9.81. The Hall–Kier alpha value is -3.27. The predicted octanol–water partition coefficient (Wildman–Crippen LogP) is 5.24. The van der Waals surface area contributed by atoms with E-state index in [0.29, 0.717) is 25.3 Å². The van der Waals surface area contributed by atoms with Crippen LogP contribution in [0.5, 0.6) is 11.5 Å². The van der Waals surface area contributed by atoms with Crippen LogP contribution in [0.25, 0.3) is 0 Å². The molecule has 0 aromatic heterocycles. The van der Waals surface area contributed by atoms with Gasteiger partial charge in [0.1, 0.15) is 18.1 Å². The van der Waals surface area contributed by atoms with Crippen molar-refractivity contribution in [1.29, 1.82) is 0 Å². The summed E-state index contributed by atoms with van der Waals surface area (Å²) in [6, 6.07) is 23.4. The molecule has 0 atom stereocenters. The fourth-order valence-electron chi connectivity index (χ4n) is 3.14. The van der Waals surface area contributed by atoms with E-state index in [1.54, 1.807) is 4.90 Å². The maximum absolute atomic E-state index is 12.9. The lowest BCUT2D eigenvalue weighted by Crippen LogP contribution is -2.26. The topological polar surface area (TPSA) is 38.8 Å². The van der Waals surface area contributed by atoms with Gasteiger partial charge in [0.05, 0.1) is 6.61 Å². The number of hydrogen-bond donors (Lipinski definition) is 0. The first kappa shape index (κ1) is 20.5. The third kappa shape index (κ3) is 5.61. The van der Waals surface area contributed by atoms with E-state index in [2.05, 4.69) is 0 Å². The number of nitrogens with zero attached hydrogens (tertiary/aromatic N) is 1. The van der Waals surface area contributed by atoms with Gasteiger partial charge in [0.2, 0.25) is 0 Å². The minimum atomic E-state index is -0.0336. The number of hydrogen-bond acceptors (Lipinski definition) is 3. The van der Waals surface area contributed by atoms with Crippen LogP contribution in [0, 0.1) is 6.92 Å². The van der Waals surface area contributed by atoms with Crippen molar-refractivity contribution in [3.05, 3.63) is 95.1 Å². The van der Waals surface area contributed by atoms with Crippen molar-refractivity contribution in [3.63, 3.8) is 0 Å². The molecule has 3 aromatic rings. The molecular formula is C25H27NO3. The molecule has 0 aliphatic carbocycles. The summed E-state index contributed by atoms with van der Waals surface area (Å²) in [6.45, 7) is 5.42. The Morgan fingerprint density at radius 1 is 0.931 bits per heavy atom. The quantitative estimate of drug-likeness (QED) is 0.528. The Kier molecular flexibility index (Phi) is 6.90. The van der Waals surface area contributed by atoms with Crippen LogP contribution in [-0.2, 0) is 13.2 Å². The summed E-state index contributed by atoms with van der Waals surface area (Å²) in [5.41, 5.74) is 3.71. The van der Waals surface area contributed by atoms with Crippen LogP contribution < -0.4 is 9.47 Å². The van der Waals surface area contributed by atoms with E-state index in [1.165, 1.54) is 0 Å². The molecule has 0 aliphatic heterocycles. The molecule has 0 radical (unpaired) electrons. The SMILES string of the molecule is CCOc1ccc(C(=O)N(C)Cc2ccccc2)cc1COc1cccc(C)c1. The molecule has 0 N–H and O–H groups in total. The smallest absolute Gasteiger partial charge is 0.253 e. The zero-order valence-corrected chi connectivity index (χ0v) is 17.2. The third-order valence-corrected chi connectivity index (χ3v) is 4.60. The van der Waals surface area contributed by atoms with Crippen molar-refractivity contribution < 1.29 is 14.3 Å². The van der Waals surface area contributed by atoms with Crippen molar-refractivity contribution >= 4 is 5.91 Å². The molecule has 4 heteroatoms. The predicted molar refractivity (Wildman–Crippen MR) is 115 cm³/mol. The van der Waals surface area contributed by atoms with Crippen LogP contribution in [0.3, 0.4) is 0 Å². The summed E-state index contributed by atoms with van der Waals surface area (Å²) in [4.78, 5) is 14.7. The molecule has 4 nitrogen and oxygen atoms in total. The molecule has 0 saturated carbocycles. The van der Waals surface area contributed by atoms with Gasteiger partial charge in [-0.2, -0.15) is 0 Å². The highest BCUT2D eigenvalue weighted by Crippen LogP contribution is 2.24. The summed E-state index contributed by atoms with van der Waals surface area (Å²) in [5, 5.41) is 0. The van der Waals surface area contributed by atoms with Crippen molar-refractivity contribution in [2.24, 2.45) is 0 Å². The fraction of sp³-hybridized carbons (Fsp3) is 0.240. The van der Waals surface area contributed by atoms with E-state index in [1.807, 2.05) is 93.7 Å². The number of carbonyl (C=O) groups is 1. The van der Waals surface area contributed by atoms with Crippen LogP contribution >= 0.6 is 0 Å². The van der Waals surface area contributed by atoms with E-state index in [9.17, 15) is 4.79 Å². The zero-order valence-electron chi connectivity index (χ0n) is 17.2. The molecule has 29 heavy (non-hydrogen) atoms. The summed E-state index contributed by atoms with van der Waals surface area (Å²) in [7, 11) is 1.81. The van der Waals surface area contributed by atoms with Crippen LogP contribution in [0.4, 0.5) is 0 Å². The average Bonchev–Trinajstić information content (AvgIpc) is 2.73. The van der Waals surface area contributed by atoms with Gasteiger partial charge in [-0.25, -0.2) is 0 Å². The highest BCUT2D eigenvalue weighted by molar-refractivity contribution is 5.94. The second kappa shape index (κ2) is 9.78. The Morgan fingerprint density at radius 2 is 1.72 bits per heavy atom. The number of ether oxygens (including phenoxy) is 2. The Balaban J connectivity index is 1.76. The number of benzene rings is 3. The molecule has 0 unspecified atom stereocenters. The summed E-state index contributed by atoms with van der Waals surface area (Å²) >= 11 is 0. The molecule has 0 saturated heterocycles. The molecule has 3 aromatic carbocycles. The van der Waals surface area contributed by atoms with Gasteiger partial charge < -0.3 is 14.4 Å². The first-order valence-electron chi connectivity index (χ1n) is 9.81. The van der Waals surface area contributed by atoms with Crippen LogP contribution in [0.1, 0.15) is 34.0 Å². The third-order valence-electron chi connectivity index (χ3n) is 4.60. The largest absolute Gasteiger partial charge is 0.493 e. The molecular weight excluding hydrogens is 362 g/mol.